The van der Waals surface area contributed by atoms with E-state index in [0.29, 0.717) is 11.1 Å². The van der Waals surface area contributed by atoms with E-state index in [0.717, 1.165) is 25.2 Å². The van der Waals surface area contributed by atoms with E-state index < -0.39 is 0 Å². The summed E-state index contributed by atoms with van der Waals surface area (Å²) in [7, 11) is 0. The van der Waals surface area contributed by atoms with Crippen molar-refractivity contribution in [1.29, 1.82) is 0 Å². The number of hydrogen-bond donors (Lipinski definition) is 1. The molecule has 0 aromatic carbocycles. The van der Waals surface area contributed by atoms with Gasteiger partial charge in [-0.3, -0.25) is 9.88 Å². The molecule has 88 valence electrons. The number of likely N-dealkylation sites (tertiary alicyclic amines) is 1. The standard InChI is InChI=1S/C11H16ClN3O/c1-8-2-3-15(10(8)7-16)6-9-4-14-11(12)5-13-9/h4-5,8,10,16H,2-3,6-7H2,1H3. The molecule has 1 aromatic heterocycles. The number of hydrogen-bond acceptors (Lipinski definition) is 4. The number of aromatic nitrogens is 2. The highest BCUT2D eigenvalue weighted by atomic mass is 35.5. The van der Waals surface area contributed by atoms with Gasteiger partial charge in [-0.1, -0.05) is 18.5 Å². The van der Waals surface area contributed by atoms with Gasteiger partial charge in [-0.05, 0) is 18.9 Å². The first-order valence-electron chi connectivity index (χ1n) is 5.52. The van der Waals surface area contributed by atoms with Crippen LogP contribution in [-0.2, 0) is 6.54 Å². The topological polar surface area (TPSA) is 49.2 Å². The molecule has 1 saturated heterocycles. The van der Waals surface area contributed by atoms with E-state index in [4.69, 9.17) is 11.6 Å². The Labute approximate surface area is 100 Å². The Morgan fingerprint density at radius 3 is 2.94 bits per heavy atom. The second-order valence-corrected chi connectivity index (χ2v) is 4.70. The van der Waals surface area contributed by atoms with Crippen molar-refractivity contribution in [3.05, 3.63) is 23.2 Å². The monoisotopic (exact) mass is 241 g/mol. The largest absolute Gasteiger partial charge is 0.395 e. The molecule has 1 aliphatic heterocycles. The molecular weight excluding hydrogens is 226 g/mol. The lowest BCUT2D eigenvalue weighted by Crippen LogP contribution is -2.34. The Balaban J connectivity index is 2.01. The number of nitrogens with zero attached hydrogens (tertiary/aromatic N) is 3. The summed E-state index contributed by atoms with van der Waals surface area (Å²) in [6.45, 7) is 4.13. The van der Waals surface area contributed by atoms with Crippen LogP contribution in [0.15, 0.2) is 12.4 Å². The average Bonchev–Trinajstić information content (AvgIpc) is 2.63. The molecule has 1 N–H and O–H groups in total. The number of aliphatic hydroxyl groups excluding tert-OH is 1. The van der Waals surface area contributed by atoms with Gasteiger partial charge in [0.25, 0.3) is 0 Å². The van der Waals surface area contributed by atoms with Crippen LogP contribution in [0.1, 0.15) is 19.0 Å². The number of aliphatic hydroxyl groups is 1. The zero-order chi connectivity index (χ0) is 11.5. The van der Waals surface area contributed by atoms with Crippen molar-refractivity contribution >= 4 is 11.6 Å². The van der Waals surface area contributed by atoms with Crippen molar-refractivity contribution in [2.24, 2.45) is 5.92 Å². The fraction of sp³-hybridized carbons (Fsp3) is 0.636. The summed E-state index contributed by atoms with van der Waals surface area (Å²) in [5.74, 6) is 0.547. The van der Waals surface area contributed by atoms with Gasteiger partial charge >= 0.3 is 0 Å². The lowest BCUT2D eigenvalue weighted by molar-refractivity contribution is 0.133. The second-order valence-electron chi connectivity index (χ2n) is 4.32. The molecule has 0 amide bonds. The normalized spacial score (nSPS) is 26.2. The Morgan fingerprint density at radius 2 is 2.31 bits per heavy atom. The molecule has 1 aromatic rings. The van der Waals surface area contributed by atoms with E-state index in [1.54, 1.807) is 12.4 Å². The molecule has 0 bridgehead atoms. The van der Waals surface area contributed by atoms with Crippen LogP contribution in [0.3, 0.4) is 0 Å². The second kappa shape index (κ2) is 5.08. The minimum atomic E-state index is 0.211. The minimum absolute atomic E-state index is 0.211. The molecule has 1 fully saturated rings. The number of halogens is 1. The minimum Gasteiger partial charge on any atom is -0.395 e. The van der Waals surface area contributed by atoms with E-state index in [9.17, 15) is 5.11 Å². The SMILES string of the molecule is CC1CCN(Cc2cnc(Cl)cn2)C1CO. The van der Waals surface area contributed by atoms with E-state index in [-0.39, 0.29) is 12.6 Å². The van der Waals surface area contributed by atoms with Crippen molar-refractivity contribution in [2.75, 3.05) is 13.2 Å². The molecule has 2 heterocycles. The van der Waals surface area contributed by atoms with Crippen LogP contribution in [0.4, 0.5) is 0 Å². The molecule has 16 heavy (non-hydrogen) atoms. The fourth-order valence-electron chi connectivity index (χ4n) is 2.21. The predicted octanol–water partition coefficient (Wildman–Crippen LogP) is 1.33. The average molecular weight is 242 g/mol. The third kappa shape index (κ3) is 2.51. The van der Waals surface area contributed by atoms with Gasteiger partial charge in [-0.2, -0.15) is 0 Å². The summed E-state index contributed by atoms with van der Waals surface area (Å²) in [4.78, 5) is 10.5. The first-order chi connectivity index (χ1) is 7.70. The molecule has 2 atom stereocenters. The third-order valence-electron chi connectivity index (χ3n) is 3.22. The van der Waals surface area contributed by atoms with Crippen molar-refractivity contribution in [1.82, 2.24) is 14.9 Å². The van der Waals surface area contributed by atoms with Crippen LogP contribution in [0.2, 0.25) is 5.15 Å². The quantitative estimate of drug-likeness (QED) is 0.868. The van der Waals surface area contributed by atoms with Crippen LogP contribution >= 0.6 is 11.6 Å². The molecule has 0 saturated carbocycles. The smallest absolute Gasteiger partial charge is 0.147 e. The zero-order valence-electron chi connectivity index (χ0n) is 9.30. The maximum Gasteiger partial charge on any atom is 0.147 e. The summed E-state index contributed by atoms with van der Waals surface area (Å²) in [6.07, 6.45) is 4.39. The first-order valence-corrected chi connectivity index (χ1v) is 5.90. The molecule has 0 spiro atoms. The molecule has 0 radical (unpaired) electrons. The molecule has 2 rings (SSSR count). The Hall–Kier alpha value is -0.710. The fourth-order valence-corrected chi connectivity index (χ4v) is 2.31. The van der Waals surface area contributed by atoms with Crippen molar-refractivity contribution < 1.29 is 5.11 Å². The van der Waals surface area contributed by atoms with Gasteiger partial charge in [-0.25, -0.2) is 4.98 Å². The van der Waals surface area contributed by atoms with Crippen molar-refractivity contribution in [3.63, 3.8) is 0 Å². The summed E-state index contributed by atoms with van der Waals surface area (Å²) in [5.41, 5.74) is 0.900. The van der Waals surface area contributed by atoms with E-state index in [1.165, 1.54) is 0 Å². The van der Waals surface area contributed by atoms with Gasteiger partial charge in [0.2, 0.25) is 0 Å². The van der Waals surface area contributed by atoms with Gasteiger partial charge in [0.15, 0.2) is 0 Å². The molecule has 5 heteroatoms. The van der Waals surface area contributed by atoms with Crippen LogP contribution in [0.5, 0.6) is 0 Å². The summed E-state index contributed by atoms with van der Waals surface area (Å²) in [6, 6.07) is 0.248. The summed E-state index contributed by atoms with van der Waals surface area (Å²) < 4.78 is 0. The van der Waals surface area contributed by atoms with Gasteiger partial charge in [0.1, 0.15) is 5.15 Å². The number of rotatable bonds is 3. The highest BCUT2D eigenvalue weighted by Crippen LogP contribution is 2.24. The molecule has 1 aliphatic rings. The third-order valence-corrected chi connectivity index (χ3v) is 3.42. The maximum absolute atomic E-state index is 9.33. The van der Waals surface area contributed by atoms with E-state index in [2.05, 4.69) is 21.8 Å². The maximum atomic E-state index is 9.33. The van der Waals surface area contributed by atoms with Gasteiger partial charge in [-0.15, -0.1) is 0 Å². The van der Waals surface area contributed by atoms with Crippen molar-refractivity contribution in [2.45, 2.75) is 25.9 Å². The van der Waals surface area contributed by atoms with E-state index >= 15 is 0 Å². The Kier molecular flexibility index (Phi) is 3.74. The Bertz CT molecular complexity index is 344. The lowest BCUT2D eigenvalue weighted by atomic mass is 10.0. The molecule has 0 aliphatic carbocycles. The highest BCUT2D eigenvalue weighted by Gasteiger charge is 2.30. The van der Waals surface area contributed by atoms with Crippen molar-refractivity contribution in [3.8, 4) is 0 Å². The van der Waals surface area contributed by atoms with Crippen LogP contribution in [0, 0.1) is 5.92 Å². The van der Waals surface area contributed by atoms with Gasteiger partial charge in [0.05, 0.1) is 24.7 Å². The zero-order valence-corrected chi connectivity index (χ0v) is 10.1. The van der Waals surface area contributed by atoms with Gasteiger partial charge in [0, 0.05) is 12.6 Å². The lowest BCUT2D eigenvalue weighted by Gasteiger charge is -2.24. The summed E-state index contributed by atoms with van der Waals surface area (Å²) in [5, 5.41) is 9.74. The molecular formula is C11H16ClN3O. The van der Waals surface area contributed by atoms with Crippen LogP contribution in [0.25, 0.3) is 0 Å². The van der Waals surface area contributed by atoms with Gasteiger partial charge < -0.3 is 5.11 Å². The molecule has 4 nitrogen and oxygen atoms in total. The first kappa shape index (κ1) is 11.8. The van der Waals surface area contributed by atoms with Crippen LogP contribution in [-0.4, -0.2) is 39.2 Å². The predicted molar refractivity (Wildman–Crippen MR) is 62.1 cm³/mol. The highest BCUT2D eigenvalue weighted by molar-refractivity contribution is 6.29. The van der Waals surface area contributed by atoms with E-state index in [1.807, 2.05) is 0 Å². The molecule has 2 unspecified atom stereocenters. The summed E-state index contributed by atoms with van der Waals surface area (Å²) >= 11 is 5.68. The van der Waals surface area contributed by atoms with Crippen LogP contribution < -0.4 is 0 Å². The Morgan fingerprint density at radius 1 is 1.50 bits per heavy atom.